The first-order valence-corrected chi connectivity index (χ1v) is 6.55. The van der Waals surface area contributed by atoms with Crippen molar-refractivity contribution >= 4 is 11.5 Å². The van der Waals surface area contributed by atoms with Crippen LogP contribution in [0, 0.1) is 10.1 Å². The van der Waals surface area contributed by atoms with E-state index in [4.69, 9.17) is 5.73 Å². The molecular weight excluding hydrogens is 256 g/mol. The Morgan fingerprint density at radius 2 is 2.00 bits per heavy atom. The smallest absolute Gasteiger partial charge is 0.270 e. The van der Waals surface area contributed by atoms with Gasteiger partial charge in [0.25, 0.3) is 5.69 Å². The van der Waals surface area contributed by atoms with Crippen molar-refractivity contribution in [1.82, 2.24) is 9.97 Å². The number of anilines is 1. The number of nitrogen functional groups attached to an aromatic ring is 1. The zero-order chi connectivity index (χ0) is 14.1. The average Bonchev–Trinajstić information content (AvgIpc) is 2.47. The Kier molecular flexibility index (Phi) is 3.06. The van der Waals surface area contributed by atoms with Crippen molar-refractivity contribution in [1.29, 1.82) is 0 Å². The molecule has 2 aromatic rings. The summed E-state index contributed by atoms with van der Waals surface area (Å²) in [6.07, 6.45) is 4.01. The first-order chi connectivity index (χ1) is 9.65. The molecule has 0 unspecified atom stereocenters. The van der Waals surface area contributed by atoms with Crippen LogP contribution in [0.15, 0.2) is 24.3 Å². The maximum atomic E-state index is 10.8. The Bertz CT molecular complexity index is 685. The Hall–Kier alpha value is -2.50. The molecule has 1 aliphatic rings. The van der Waals surface area contributed by atoms with Crippen LogP contribution in [0.25, 0.3) is 11.4 Å². The number of rotatable bonds is 2. The van der Waals surface area contributed by atoms with Gasteiger partial charge in [0, 0.05) is 29.0 Å². The summed E-state index contributed by atoms with van der Waals surface area (Å²) in [7, 11) is 0. The van der Waals surface area contributed by atoms with Gasteiger partial charge in [0.05, 0.1) is 4.92 Å². The predicted octanol–water partition coefficient (Wildman–Crippen LogP) is 2.51. The van der Waals surface area contributed by atoms with Crippen LogP contribution >= 0.6 is 0 Å². The highest BCUT2D eigenvalue weighted by Crippen LogP contribution is 2.28. The molecule has 20 heavy (non-hydrogen) atoms. The third-order valence-electron chi connectivity index (χ3n) is 3.53. The molecule has 0 radical (unpaired) electrons. The lowest BCUT2D eigenvalue weighted by molar-refractivity contribution is -0.384. The maximum absolute atomic E-state index is 10.8. The summed E-state index contributed by atoms with van der Waals surface area (Å²) in [6.45, 7) is 0. The standard InChI is InChI=1S/C14H14N4O2/c15-13-11-6-1-2-7-12(11)16-14(17-13)9-4-3-5-10(8-9)18(19)20/h3-5,8H,1-2,6-7H2,(H2,15,16,17). The average molecular weight is 270 g/mol. The zero-order valence-electron chi connectivity index (χ0n) is 10.9. The minimum atomic E-state index is -0.425. The number of aromatic nitrogens is 2. The van der Waals surface area contributed by atoms with Crippen molar-refractivity contribution in [3.05, 3.63) is 45.6 Å². The molecule has 0 fully saturated rings. The third kappa shape index (κ3) is 2.20. The van der Waals surface area contributed by atoms with E-state index >= 15 is 0 Å². The van der Waals surface area contributed by atoms with E-state index in [-0.39, 0.29) is 5.69 Å². The lowest BCUT2D eigenvalue weighted by atomic mass is 9.96. The Morgan fingerprint density at radius 1 is 1.20 bits per heavy atom. The molecule has 1 heterocycles. The topological polar surface area (TPSA) is 94.9 Å². The summed E-state index contributed by atoms with van der Waals surface area (Å²) in [5.74, 6) is 0.961. The van der Waals surface area contributed by atoms with Crippen LogP contribution < -0.4 is 5.73 Å². The van der Waals surface area contributed by atoms with Crippen molar-refractivity contribution in [2.24, 2.45) is 0 Å². The van der Waals surface area contributed by atoms with Crippen LogP contribution in [0.2, 0.25) is 0 Å². The Balaban J connectivity index is 2.08. The molecule has 6 nitrogen and oxygen atoms in total. The van der Waals surface area contributed by atoms with Gasteiger partial charge in [0.1, 0.15) is 5.82 Å². The second-order valence-electron chi connectivity index (χ2n) is 4.87. The lowest BCUT2D eigenvalue weighted by Crippen LogP contribution is -2.11. The van der Waals surface area contributed by atoms with Crippen LogP contribution in [-0.4, -0.2) is 14.9 Å². The number of nitrogens with two attached hydrogens (primary N) is 1. The second-order valence-corrected chi connectivity index (χ2v) is 4.87. The molecule has 0 bridgehead atoms. The number of nitrogens with zero attached hydrogens (tertiary/aromatic N) is 3. The summed E-state index contributed by atoms with van der Waals surface area (Å²) in [5, 5.41) is 10.8. The molecule has 0 saturated heterocycles. The second kappa shape index (κ2) is 4.88. The van der Waals surface area contributed by atoms with Gasteiger partial charge < -0.3 is 5.73 Å². The van der Waals surface area contributed by atoms with Crippen molar-refractivity contribution < 1.29 is 4.92 Å². The quantitative estimate of drug-likeness (QED) is 0.668. The van der Waals surface area contributed by atoms with E-state index in [2.05, 4.69) is 9.97 Å². The molecule has 102 valence electrons. The molecular formula is C14H14N4O2. The van der Waals surface area contributed by atoms with Crippen LogP contribution in [0.4, 0.5) is 11.5 Å². The molecule has 0 spiro atoms. The van der Waals surface area contributed by atoms with E-state index in [1.54, 1.807) is 12.1 Å². The van der Waals surface area contributed by atoms with Crippen molar-refractivity contribution in [3.63, 3.8) is 0 Å². The van der Waals surface area contributed by atoms with Crippen molar-refractivity contribution in [2.75, 3.05) is 5.73 Å². The first kappa shape index (κ1) is 12.5. The highest BCUT2D eigenvalue weighted by molar-refractivity contribution is 5.62. The highest BCUT2D eigenvalue weighted by atomic mass is 16.6. The number of hydrogen-bond acceptors (Lipinski definition) is 5. The number of nitro benzene ring substituents is 1. The Labute approximate surface area is 115 Å². The molecule has 0 saturated carbocycles. The van der Waals surface area contributed by atoms with Crippen molar-refractivity contribution in [2.45, 2.75) is 25.7 Å². The van der Waals surface area contributed by atoms with Gasteiger partial charge in [-0.05, 0) is 25.7 Å². The number of hydrogen-bond donors (Lipinski definition) is 1. The van der Waals surface area contributed by atoms with E-state index in [1.165, 1.54) is 12.1 Å². The van der Waals surface area contributed by atoms with Crippen LogP contribution in [0.1, 0.15) is 24.1 Å². The highest BCUT2D eigenvalue weighted by Gasteiger charge is 2.17. The lowest BCUT2D eigenvalue weighted by Gasteiger charge is -2.17. The SMILES string of the molecule is Nc1nc(-c2cccc([N+](=O)[O-])c2)nc2c1CCCC2. The van der Waals surface area contributed by atoms with E-state index < -0.39 is 4.92 Å². The monoisotopic (exact) mass is 270 g/mol. The molecule has 1 aromatic heterocycles. The third-order valence-corrected chi connectivity index (χ3v) is 3.53. The normalized spacial score (nSPS) is 13.8. The van der Waals surface area contributed by atoms with Crippen LogP contribution in [-0.2, 0) is 12.8 Å². The number of benzene rings is 1. The van der Waals surface area contributed by atoms with Gasteiger partial charge in [-0.2, -0.15) is 0 Å². The molecule has 6 heteroatoms. The van der Waals surface area contributed by atoms with Gasteiger partial charge in [-0.25, -0.2) is 9.97 Å². The van der Waals surface area contributed by atoms with E-state index in [9.17, 15) is 10.1 Å². The minimum absolute atomic E-state index is 0.0300. The number of fused-ring (bicyclic) bond motifs is 1. The zero-order valence-corrected chi connectivity index (χ0v) is 10.9. The summed E-state index contributed by atoms with van der Waals surface area (Å²) >= 11 is 0. The largest absolute Gasteiger partial charge is 0.383 e. The van der Waals surface area contributed by atoms with Gasteiger partial charge >= 0.3 is 0 Å². The minimum Gasteiger partial charge on any atom is -0.383 e. The fraction of sp³-hybridized carbons (Fsp3) is 0.286. The van der Waals surface area contributed by atoms with Crippen molar-refractivity contribution in [3.8, 4) is 11.4 Å². The van der Waals surface area contributed by atoms with E-state index in [0.29, 0.717) is 17.2 Å². The van der Waals surface area contributed by atoms with Gasteiger partial charge in [-0.3, -0.25) is 10.1 Å². The molecule has 1 aromatic carbocycles. The van der Waals surface area contributed by atoms with Gasteiger partial charge in [-0.1, -0.05) is 12.1 Å². The van der Waals surface area contributed by atoms with Gasteiger partial charge in [0.15, 0.2) is 5.82 Å². The molecule has 0 aliphatic heterocycles. The van der Waals surface area contributed by atoms with Gasteiger partial charge in [0.2, 0.25) is 0 Å². The molecule has 0 atom stereocenters. The maximum Gasteiger partial charge on any atom is 0.270 e. The summed E-state index contributed by atoms with van der Waals surface area (Å²) < 4.78 is 0. The molecule has 1 aliphatic carbocycles. The fourth-order valence-corrected chi connectivity index (χ4v) is 2.51. The molecule has 3 rings (SSSR count). The fourth-order valence-electron chi connectivity index (χ4n) is 2.51. The summed E-state index contributed by atoms with van der Waals surface area (Å²) in [6, 6.07) is 6.32. The molecule has 2 N–H and O–H groups in total. The predicted molar refractivity (Wildman–Crippen MR) is 75.2 cm³/mol. The first-order valence-electron chi connectivity index (χ1n) is 6.55. The Morgan fingerprint density at radius 3 is 2.80 bits per heavy atom. The molecule has 0 amide bonds. The number of aryl methyl sites for hydroxylation is 1. The number of nitro groups is 1. The van der Waals surface area contributed by atoms with E-state index in [1.807, 2.05) is 0 Å². The van der Waals surface area contributed by atoms with Gasteiger partial charge in [-0.15, -0.1) is 0 Å². The van der Waals surface area contributed by atoms with Crippen LogP contribution in [0.3, 0.4) is 0 Å². The number of non-ortho nitro benzene ring substituents is 1. The van der Waals surface area contributed by atoms with Crippen LogP contribution in [0.5, 0.6) is 0 Å². The van der Waals surface area contributed by atoms with E-state index in [0.717, 1.165) is 36.9 Å². The summed E-state index contributed by atoms with van der Waals surface area (Å²) in [4.78, 5) is 19.2. The summed E-state index contributed by atoms with van der Waals surface area (Å²) in [5.41, 5.74) is 8.66.